The number of nitrogens with zero attached hydrogens (tertiary/aromatic N) is 1. The molecule has 0 saturated carbocycles. The van der Waals surface area contributed by atoms with E-state index in [0.717, 1.165) is 15.8 Å². The van der Waals surface area contributed by atoms with Crippen LogP contribution >= 0.6 is 11.6 Å². The predicted octanol–water partition coefficient (Wildman–Crippen LogP) is 4.12. The molecular formula is C12H14ClNSi. The van der Waals surface area contributed by atoms with Crippen molar-refractivity contribution in [2.45, 2.75) is 19.6 Å². The Morgan fingerprint density at radius 3 is 2.40 bits per heavy atom. The number of benzene rings is 1. The number of hydrogen-bond acceptors (Lipinski definition) is 1. The van der Waals surface area contributed by atoms with E-state index in [9.17, 15) is 0 Å². The molecule has 0 spiro atoms. The van der Waals surface area contributed by atoms with Crippen molar-refractivity contribution in [3.05, 3.63) is 40.9 Å². The molecule has 1 aromatic rings. The van der Waals surface area contributed by atoms with Crippen LogP contribution in [0.15, 0.2) is 30.3 Å². The zero-order valence-electron chi connectivity index (χ0n) is 9.21. The van der Waals surface area contributed by atoms with Crippen LogP contribution in [-0.4, -0.2) is 8.07 Å². The first-order chi connectivity index (χ1) is 6.96. The average molecular weight is 236 g/mol. The number of halogens is 1. The lowest BCUT2D eigenvalue weighted by molar-refractivity contribution is 1.53. The molecule has 0 N–H and O–H groups in total. The topological polar surface area (TPSA) is 23.8 Å². The summed E-state index contributed by atoms with van der Waals surface area (Å²) in [5.41, 5.74) is 1.000. The standard InChI is InChI=1S/C12H14ClNSi/c1-15(2,3)12(8-9-14)10-6-4-5-7-11(10)13/h4-8H,1-3H3/b12-8-. The quantitative estimate of drug-likeness (QED) is 0.559. The summed E-state index contributed by atoms with van der Waals surface area (Å²) in [6.45, 7) is 6.62. The second-order valence-electron chi connectivity index (χ2n) is 4.42. The van der Waals surface area contributed by atoms with Gasteiger partial charge >= 0.3 is 0 Å². The van der Waals surface area contributed by atoms with E-state index in [1.165, 1.54) is 0 Å². The largest absolute Gasteiger partial charge is 0.193 e. The van der Waals surface area contributed by atoms with Gasteiger partial charge in [0.2, 0.25) is 0 Å². The highest BCUT2D eigenvalue weighted by atomic mass is 35.5. The van der Waals surface area contributed by atoms with Gasteiger partial charge in [0.15, 0.2) is 0 Å². The van der Waals surface area contributed by atoms with Gasteiger partial charge in [0, 0.05) is 11.1 Å². The zero-order valence-corrected chi connectivity index (χ0v) is 11.0. The van der Waals surface area contributed by atoms with Gasteiger partial charge in [-0.25, -0.2) is 0 Å². The van der Waals surface area contributed by atoms with Crippen molar-refractivity contribution in [1.82, 2.24) is 0 Å². The average Bonchev–Trinajstić information content (AvgIpc) is 2.14. The van der Waals surface area contributed by atoms with Gasteiger partial charge in [0.25, 0.3) is 0 Å². The van der Waals surface area contributed by atoms with Gasteiger partial charge in [0.05, 0.1) is 14.1 Å². The van der Waals surface area contributed by atoms with E-state index in [1.807, 2.05) is 24.3 Å². The van der Waals surface area contributed by atoms with Crippen LogP contribution in [0.4, 0.5) is 0 Å². The first-order valence-corrected chi connectivity index (χ1v) is 8.70. The van der Waals surface area contributed by atoms with Gasteiger partial charge < -0.3 is 0 Å². The van der Waals surface area contributed by atoms with Gasteiger partial charge in [-0.15, -0.1) is 0 Å². The van der Waals surface area contributed by atoms with Crippen molar-refractivity contribution >= 4 is 24.9 Å². The Labute approximate surface area is 97.0 Å². The molecule has 0 aliphatic carbocycles. The fourth-order valence-corrected chi connectivity index (χ4v) is 3.28. The van der Waals surface area contributed by atoms with E-state index in [4.69, 9.17) is 16.9 Å². The molecule has 0 saturated heterocycles. The van der Waals surface area contributed by atoms with Crippen LogP contribution in [0.1, 0.15) is 5.56 Å². The van der Waals surface area contributed by atoms with Crippen molar-refractivity contribution in [2.75, 3.05) is 0 Å². The number of nitriles is 1. The van der Waals surface area contributed by atoms with Crippen LogP contribution in [0.3, 0.4) is 0 Å². The molecule has 1 aromatic carbocycles. The first kappa shape index (κ1) is 12.0. The Kier molecular flexibility index (Phi) is 3.73. The van der Waals surface area contributed by atoms with Crippen LogP contribution in [0.25, 0.3) is 5.20 Å². The summed E-state index contributed by atoms with van der Waals surface area (Å²) in [4.78, 5) is 0. The fraction of sp³-hybridized carbons (Fsp3) is 0.250. The third-order valence-electron chi connectivity index (χ3n) is 2.18. The van der Waals surface area contributed by atoms with Crippen molar-refractivity contribution in [1.29, 1.82) is 5.26 Å². The predicted molar refractivity (Wildman–Crippen MR) is 68.4 cm³/mol. The highest BCUT2D eigenvalue weighted by Crippen LogP contribution is 2.30. The molecule has 0 atom stereocenters. The van der Waals surface area contributed by atoms with E-state index in [2.05, 4.69) is 25.7 Å². The molecule has 1 rings (SSSR count). The van der Waals surface area contributed by atoms with Crippen molar-refractivity contribution in [3.8, 4) is 6.07 Å². The lowest BCUT2D eigenvalue weighted by Crippen LogP contribution is -2.22. The molecule has 0 unspecified atom stereocenters. The molecule has 0 fully saturated rings. The third-order valence-corrected chi connectivity index (χ3v) is 4.54. The summed E-state index contributed by atoms with van der Waals surface area (Å²) >= 11 is 6.13. The molecular weight excluding hydrogens is 222 g/mol. The molecule has 0 amide bonds. The summed E-state index contributed by atoms with van der Waals surface area (Å²) in [6.07, 6.45) is 1.63. The monoisotopic (exact) mass is 235 g/mol. The van der Waals surface area contributed by atoms with Crippen molar-refractivity contribution in [2.24, 2.45) is 0 Å². The zero-order chi connectivity index (χ0) is 11.5. The van der Waals surface area contributed by atoms with Gasteiger partial charge in [-0.2, -0.15) is 5.26 Å². The molecule has 0 radical (unpaired) electrons. The minimum absolute atomic E-state index is 0.724. The molecule has 0 aromatic heterocycles. The molecule has 0 aliphatic rings. The molecule has 0 heterocycles. The summed E-state index contributed by atoms with van der Waals surface area (Å²) in [5, 5.41) is 10.6. The van der Waals surface area contributed by atoms with E-state index in [0.29, 0.717) is 0 Å². The van der Waals surface area contributed by atoms with E-state index in [1.54, 1.807) is 6.08 Å². The SMILES string of the molecule is C[Si](C)(C)/C(=C\C#N)c1ccccc1Cl. The molecule has 0 aliphatic heterocycles. The lowest BCUT2D eigenvalue weighted by atomic mass is 10.2. The maximum Gasteiger partial charge on any atom is 0.0911 e. The minimum Gasteiger partial charge on any atom is -0.193 e. The molecule has 78 valence electrons. The Balaban J connectivity index is 3.32. The summed E-state index contributed by atoms with van der Waals surface area (Å²) in [5.74, 6) is 0. The van der Waals surface area contributed by atoms with E-state index < -0.39 is 8.07 Å². The molecule has 3 heteroatoms. The first-order valence-electron chi connectivity index (χ1n) is 4.82. The van der Waals surface area contributed by atoms with Crippen molar-refractivity contribution in [3.63, 3.8) is 0 Å². The highest BCUT2D eigenvalue weighted by molar-refractivity contribution is 6.93. The van der Waals surface area contributed by atoms with Crippen LogP contribution in [0, 0.1) is 11.3 Å². The summed E-state index contributed by atoms with van der Waals surface area (Å²) in [6, 6.07) is 9.81. The summed E-state index contributed by atoms with van der Waals surface area (Å²) in [7, 11) is -1.53. The Hall–Kier alpha value is -1.04. The van der Waals surface area contributed by atoms with Gasteiger partial charge in [-0.05, 0) is 16.8 Å². The second kappa shape index (κ2) is 4.65. The third kappa shape index (κ3) is 2.95. The smallest absolute Gasteiger partial charge is 0.0911 e. The van der Waals surface area contributed by atoms with Gasteiger partial charge in [0.1, 0.15) is 0 Å². The molecule has 0 bridgehead atoms. The summed E-state index contributed by atoms with van der Waals surface area (Å²) < 4.78 is 0. The molecule has 15 heavy (non-hydrogen) atoms. The van der Waals surface area contributed by atoms with Crippen molar-refractivity contribution < 1.29 is 0 Å². The molecule has 1 nitrogen and oxygen atoms in total. The van der Waals surface area contributed by atoms with Gasteiger partial charge in [-0.3, -0.25) is 0 Å². The fourth-order valence-electron chi connectivity index (χ4n) is 1.44. The van der Waals surface area contributed by atoms with E-state index >= 15 is 0 Å². The lowest BCUT2D eigenvalue weighted by Gasteiger charge is -2.21. The van der Waals surface area contributed by atoms with Crippen LogP contribution in [0.2, 0.25) is 24.7 Å². The normalized spacial score (nSPS) is 12.3. The van der Waals surface area contributed by atoms with Crippen LogP contribution in [-0.2, 0) is 0 Å². The number of allylic oxidation sites excluding steroid dienone is 1. The second-order valence-corrected chi connectivity index (χ2v) is 9.86. The van der Waals surface area contributed by atoms with Crippen LogP contribution in [0.5, 0.6) is 0 Å². The van der Waals surface area contributed by atoms with Gasteiger partial charge in [-0.1, -0.05) is 49.4 Å². The van der Waals surface area contributed by atoms with Crippen LogP contribution < -0.4 is 0 Å². The maximum absolute atomic E-state index is 8.80. The Morgan fingerprint density at radius 1 is 1.33 bits per heavy atom. The highest BCUT2D eigenvalue weighted by Gasteiger charge is 2.22. The Morgan fingerprint density at radius 2 is 1.93 bits per heavy atom. The maximum atomic E-state index is 8.80. The minimum atomic E-state index is -1.53. The number of hydrogen-bond donors (Lipinski definition) is 0. The van der Waals surface area contributed by atoms with E-state index in [-0.39, 0.29) is 0 Å². The number of rotatable bonds is 2. The Bertz CT molecular complexity index is 424.